The van der Waals surface area contributed by atoms with Crippen LogP contribution >= 0.6 is 0 Å². The summed E-state index contributed by atoms with van der Waals surface area (Å²) in [6, 6.07) is 14.1. The van der Waals surface area contributed by atoms with E-state index in [1.165, 1.54) is 5.56 Å². The van der Waals surface area contributed by atoms with Gasteiger partial charge in [-0.05, 0) is 47.7 Å². The highest BCUT2D eigenvalue weighted by Gasteiger charge is 2.18. The van der Waals surface area contributed by atoms with Crippen LogP contribution in [0.15, 0.2) is 53.4 Å². The minimum atomic E-state index is -3.53. The predicted molar refractivity (Wildman–Crippen MR) is 87.1 cm³/mol. The van der Waals surface area contributed by atoms with Gasteiger partial charge in [0.2, 0.25) is 0 Å². The molecule has 0 aliphatic carbocycles. The van der Waals surface area contributed by atoms with Gasteiger partial charge in [0.15, 0.2) is 0 Å². The van der Waals surface area contributed by atoms with Crippen LogP contribution in [-0.4, -0.2) is 8.42 Å². The summed E-state index contributed by atoms with van der Waals surface area (Å²) in [5.74, 6) is 0. The standard InChI is InChI=1S/C17H21NO2S/c1-13-12-14(10-11-16(13)17(2,3)4)18-21(19,20)15-8-6-5-7-9-15/h5-12,18H,1-4H3. The minimum Gasteiger partial charge on any atom is -0.280 e. The van der Waals surface area contributed by atoms with Crippen LogP contribution in [0.2, 0.25) is 0 Å². The van der Waals surface area contributed by atoms with E-state index in [0.29, 0.717) is 5.69 Å². The first kappa shape index (κ1) is 15.6. The first-order valence-corrected chi connectivity index (χ1v) is 8.37. The van der Waals surface area contributed by atoms with E-state index < -0.39 is 10.0 Å². The van der Waals surface area contributed by atoms with E-state index in [-0.39, 0.29) is 10.3 Å². The van der Waals surface area contributed by atoms with Crippen molar-refractivity contribution in [2.45, 2.75) is 38.0 Å². The number of hydrogen-bond acceptors (Lipinski definition) is 2. The van der Waals surface area contributed by atoms with Crippen molar-refractivity contribution in [2.75, 3.05) is 4.72 Å². The average molecular weight is 303 g/mol. The summed E-state index contributed by atoms with van der Waals surface area (Å²) in [5, 5.41) is 0. The third-order valence-electron chi connectivity index (χ3n) is 3.34. The normalized spacial score (nSPS) is 12.2. The number of sulfonamides is 1. The van der Waals surface area contributed by atoms with Crippen LogP contribution in [0.5, 0.6) is 0 Å². The molecule has 0 bridgehead atoms. The van der Waals surface area contributed by atoms with Crippen molar-refractivity contribution in [3.8, 4) is 0 Å². The number of benzene rings is 2. The van der Waals surface area contributed by atoms with Crippen molar-refractivity contribution in [3.05, 3.63) is 59.7 Å². The first-order valence-electron chi connectivity index (χ1n) is 6.89. The maximum absolute atomic E-state index is 12.3. The molecule has 0 radical (unpaired) electrons. The molecule has 0 aliphatic rings. The van der Waals surface area contributed by atoms with Crippen LogP contribution in [0.4, 0.5) is 5.69 Å². The van der Waals surface area contributed by atoms with Crippen molar-refractivity contribution in [2.24, 2.45) is 0 Å². The van der Waals surface area contributed by atoms with Gasteiger partial charge in [-0.25, -0.2) is 8.42 Å². The molecule has 0 saturated heterocycles. The molecule has 112 valence electrons. The van der Waals surface area contributed by atoms with Crippen molar-refractivity contribution in [1.82, 2.24) is 0 Å². The van der Waals surface area contributed by atoms with Crippen molar-refractivity contribution in [1.29, 1.82) is 0 Å². The van der Waals surface area contributed by atoms with E-state index in [1.54, 1.807) is 30.3 Å². The fraction of sp³-hybridized carbons (Fsp3) is 0.294. The molecule has 1 N–H and O–H groups in total. The molecule has 0 heterocycles. The van der Waals surface area contributed by atoms with Crippen LogP contribution in [0.1, 0.15) is 31.9 Å². The summed E-state index contributed by atoms with van der Waals surface area (Å²) in [6.07, 6.45) is 0. The zero-order chi connectivity index (χ0) is 15.7. The molecular formula is C17H21NO2S. The van der Waals surface area contributed by atoms with E-state index in [1.807, 2.05) is 25.1 Å². The molecule has 0 atom stereocenters. The molecule has 2 aromatic rings. The second-order valence-electron chi connectivity index (χ2n) is 6.20. The smallest absolute Gasteiger partial charge is 0.261 e. The van der Waals surface area contributed by atoms with Crippen molar-refractivity contribution < 1.29 is 8.42 Å². The molecule has 3 nitrogen and oxygen atoms in total. The summed E-state index contributed by atoms with van der Waals surface area (Å²) < 4.78 is 27.2. The Balaban J connectivity index is 2.31. The maximum atomic E-state index is 12.3. The van der Waals surface area contributed by atoms with Crippen LogP contribution in [0.25, 0.3) is 0 Å². The van der Waals surface area contributed by atoms with Gasteiger partial charge in [0, 0.05) is 5.69 Å². The Kier molecular flexibility index (Phi) is 4.10. The lowest BCUT2D eigenvalue weighted by Crippen LogP contribution is -2.15. The Morgan fingerprint density at radius 3 is 2.10 bits per heavy atom. The highest BCUT2D eigenvalue weighted by atomic mass is 32.2. The Morgan fingerprint density at radius 2 is 1.57 bits per heavy atom. The molecule has 21 heavy (non-hydrogen) atoms. The molecule has 2 rings (SSSR count). The van der Waals surface area contributed by atoms with Gasteiger partial charge in [-0.2, -0.15) is 0 Å². The molecule has 4 heteroatoms. The van der Waals surface area contributed by atoms with Crippen molar-refractivity contribution in [3.63, 3.8) is 0 Å². The molecule has 0 unspecified atom stereocenters. The van der Waals surface area contributed by atoms with Crippen LogP contribution in [0, 0.1) is 6.92 Å². The largest absolute Gasteiger partial charge is 0.280 e. The number of anilines is 1. The SMILES string of the molecule is Cc1cc(NS(=O)(=O)c2ccccc2)ccc1C(C)(C)C. The molecule has 0 saturated carbocycles. The fourth-order valence-electron chi connectivity index (χ4n) is 2.38. The average Bonchev–Trinajstić information content (AvgIpc) is 2.37. The van der Waals surface area contributed by atoms with Gasteiger partial charge in [-0.1, -0.05) is 45.0 Å². The number of nitrogens with one attached hydrogen (secondary N) is 1. The lowest BCUT2D eigenvalue weighted by atomic mass is 9.84. The van der Waals surface area contributed by atoms with E-state index in [9.17, 15) is 8.42 Å². The van der Waals surface area contributed by atoms with Gasteiger partial charge >= 0.3 is 0 Å². The van der Waals surface area contributed by atoms with Gasteiger partial charge < -0.3 is 0 Å². The molecule has 0 amide bonds. The van der Waals surface area contributed by atoms with Gasteiger partial charge in [0.05, 0.1) is 4.90 Å². The van der Waals surface area contributed by atoms with Crippen LogP contribution in [-0.2, 0) is 15.4 Å². The summed E-state index contributed by atoms with van der Waals surface area (Å²) in [7, 11) is -3.53. The zero-order valence-electron chi connectivity index (χ0n) is 12.8. The Hall–Kier alpha value is -1.81. The second kappa shape index (κ2) is 5.53. The van der Waals surface area contributed by atoms with Crippen LogP contribution in [0.3, 0.4) is 0 Å². The summed E-state index contributed by atoms with van der Waals surface area (Å²) >= 11 is 0. The lowest BCUT2D eigenvalue weighted by molar-refractivity contribution is 0.586. The van der Waals surface area contributed by atoms with Gasteiger partial charge in [-0.3, -0.25) is 4.72 Å². The fourth-order valence-corrected chi connectivity index (χ4v) is 3.45. The third kappa shape index (κ3) is 3.64. The minimum absolute atomic E-state index is 0.0426. The monoisotopic (exact) mass is 303 g/mol. The quantitative estimate of drug-likeness (QED) is 0.928. The summed E-state index contributed by atoms with van der Waals surface area (Å²) in [6.45, 7) is 8.43. The predicted octanol–water partition coefficient (Wildman–Crippen LogP) is 4.09. The van der Waals surface area contributed by atoms with Gasteiger partial charge in [0.1, 0.15) is 0 Å². The lowest BCUT2D eigenvalue weighted by Gasteiger charge is -2.22. The Morgan fingerprint density at radius 1 is 0.952 bits per heavy atom. The van der Waals surface area contributed by atoms with E-state index in [4.69, 9.17) is 0 Å². The van der Waals surface area contributed by atoms with Gasteiger partial charge in [-0.15, -0.1) is 0 Å². The molecule has 0 fully saturated rings. The highest BCUT2D eigenvalue weighted by Crippen LogP contribution is 2.28. The molecule has 0 aliphatic heterocycles. The number of aryl methyl sites for hydroxylation is 1. The number of rotatable bonds is 3. The summed E-state index contributed by atoms with van der Waals surface area (Å²) in [4.78, 5) is 0.266. The van der Waals surface area contributed by atoms with Crippen LogP contribution < -0.4 is 4.72 Å². The van der Waals surface area contributed by atoms with E-state index >= 15 is 0 Å². The Labute approximate surface area is 127 Å². The zero-order valence-corrected chi connectivity index (χ0v) is 13.7. The highest BCUT2D eigenvalue weighted by molar-refractivity contribution is 7.92. The second-order valence-corrected chi connectivity index (χ2v) is 7.88. The molecule has 0 spiro atoms. The topological polar surface area (TPSA) is 46.2 Å². The van der Waals surface area contributed by atoms with Crippen molar-refractivity contribution >= 4 is 15.7 Å². The van der Waals surface area contributed by atoms with Gasteiger partial charge in [0.25, 0.3) is 10.0 Å². The molecular weight excluding hydrogens is 282 g/mol. The maximum Gasteiger partial charge on any atom is 0.261 e. The molecule has 0 aromatic heterocycles. The number of hydrogen-bond donors (Lipinski definition) is 1. The van der Waals surface area contributed by atoms with E-state index in [0.717, 1.165) is 5.56 Å². The third-order valence-corrected chi connectivity index (χ3v) is 4.74. The Bertz CT molecular complexity index is 729. The van der Waals surface area contributed by atoms with E-state index in [2.05, 4.69) is 25.5 Å². The molecule has 2 aromatic carbocycles. The summed E-state index contributed by atoms with van der Waals surface area (Å²) in [5.41, 5.74) is 2.92. The first-order chi connectivity index (χ1) is 9.70.